The number of nitrogens with zero attached hydrogens (tertiary/aromatic N) is 2. The van der Waals surface area contributed by atoms with Gasteiger partial charge in [0, 0.05) is 33.6 Å². The van der Waals surface area contributed by atoms with Gasteiger partial charge < -0.3 is 4.57 Å². The molecule has 0 N–H and O–H groups in total. The van der Waals surface area contributed by atoms with Crippen LogP contribution >= 0.6 is 0 Å². The molecule has 0 atom stereocenters. The van der Waals surface area contributed by atoms with Gasteiger partial charge in [0.05, 0.1) is 16.7 Å². The molecule has 0 unspecified atom stereocenters. The number of hydrogen-bond donors (Lipinski definition) is 0. The number of fused-ring (bicyclic) bond motifs is 6. The van der Waals surface area contributed by atoms with Crippen molar-refractivity contribution in [2.24, 2.45) is 0 Å². The fourth-order valence-corrected chi connectivity index (χ4v) is 6.96. The molecule has 2 heterocycles. The molecule has 9 rings (SSSR count). The molecule has 0 radical (unpaired) electrons. The quantitative estimate of drug-likeness (QED) is 0.205. The molecule has 45 heavy (non-hydrogen) atoms. The van der Waals surface area contributed by atoms with Gasteiger partial charge in [0.2, 0.25) is 0 Å². The lowest BCUT2D eigenvalue weighted by molar-refractivity contribution is 1.19. The summed E-state index contributed by atoms with van der Waals surface area (Å²) in [6.07, 6.45) is 1.85. The summed E-state index contributed by atoms with van der Waals surface area (Å²) < 4.78 is 2.44. The van der Waals surface area contributed by atoms with Crippen LogP contribution in [0.3, 0.4) is 0 Å². The fraction of sp³-hybridized carbons (Fsp3) is 0. The Morgan fingerprint density at radius 2 is 1.04 bits per heavy atom. The average molecular weight is 573 g/mol. The van der Waals surface area contributed by atoms with Crippen molar-refractivity contribution in [3.63, 3.8) is 0 Å². The van der Waals surface area contributed by atoms with Crippen molar-refractivity contribution in [1.29, 1.82) is 0 Å². The molecule has 0 fully saturated rings. The molecule has 0 saturated carbocycles. The number of benzene rings is 7. The number of hydrogen-bond acceptors (Lipinski definition) is 1. The molecule has 0 saturated heterocycles. The first-order valence-corrected chi connectivity index (χ1v) is 15.4. The zero-order chi connectivity index (χ0) is 29.7. The van der Waals surface area contributed by atoms with E-state index < -0.39 is 0 Å². The molecule has 0 aliphatic heterocycles. The SMILES string of the molecule is c1ccc(-c2ccc(-c3ccc4c5ccc6cc(-c7ccccn7)ccc6c5n(-c5ccccc5)c4c3)c3ccccc23)cc1. The Kier molecular flexibility index (Phi) is 5.85. The number of aromatic nitrogens is 2. The average Bonchev–Trinajstić information content (AvgIpc) is 3.46. The van der Waals surface area contributed by atoms with Crippen molar-refractivity contribution >= 4 is 43.4 Å². The highest BCUT2D eigenvalue weighted by Crippen LogP contribution is 2.41. The zero-order valence-corrected chi connectivity index (χ0v) is 24.6. The third-order valence-corrected chi connectivity index (χ3v) is 9.04. The monoisotopic (exact) mass is 572 g/mol. The van der Waals surface area contributed by atoms with Crippen molar-refractivity contribution in [3.8, 4) is 39.2 Å². The van der Waals surface area contributed by atoms with Gasteiger partial charge in [-0.1, -0.05) is 127 Å². The summed E-state index contributed by atoms with van der Waals surface area (Å²) in [5.41, 5.74) is 10.6. The van der Waals surface area contributed by atoms with Crippen molar-refractivity contribution in [2.45, 2.75) is 0 Å². The second-order valence-electron chi connectivity index (χ2n) is 11.6. The Bertz CT molecular complexity index is 2510. The maximum atomic E-state index is 4.60. The Morgan fingerprint density at radius 1 is 0.400 bits per heavy atom. The third-order valence-electron chi connectivity index (χ3n) is 9.04. The molecule has 2 nitrogen and oxygen atoms in total. The second-order valence-corrected chi connectivity index (χ2v) is 11.6. The highest BCUT2D eigenvalue weighted by Gasteiger charge is 2.17. The van der Waals surface area contributed by atoms with Gasteiger partial charge in [-0.25, -0.2) is 0 Å². The lowest BCUT2D eigenvalue weighted by atomic mass is 9.92. The lowest BCUT2D eigenvalue weighted by Gasteiger charge is -2.13. The fourth-order valence-electron chi connectivity index (χ4n) is 6.96. The standard InChI is InChI=1S/C43H28N2/c1-3-11-29(12-4-1)34-24-25-35(38-16-8-7-15-37(34)38)31-18-22-39-40-23-19-30-27-32(41-17-9-10-26-44-41)20-21-36(30)43(40)45(42(39)28-31)33-13-5-2-6-14-33/h1-28H. The summed E-state index contributed by atoms with van der Waals surface area (Å²) in [5, 5.41) is 7.45. The summed E-state index contributed by atoms with van der Waals surface area (Å²) >= 11 is 0. The van der Waals surface area contributed by atoms with E-state index in [1.54, 1.807) is 0 Å². The van der Waals surface area contributed by atoms with E-state index in [1.165, 1.54) is 65.6 Å². The van der Waals surface area contributed by atoms with Crippen LogP contribution in [0, 0.1) is 0 Å². The molecule has 9 aromatic rings. The molecule has 2 heteroatoms. The van der Waals surface area contributed by atoms with Gasteiger partial charge in [0.1, 0.15) is 0 Å². The first-order valence-electron chi connectivity index (χ1n) is 15.4. The number of para-hydroxylation sites is 1. The molecule has 0 bridgehead atoms. The Morgan fingerprint density at radius 3 is 1.80 bits per heavy atom. The van der Waals surface area contributed by atoms with Crippen LogP contribution in [-0.2, 0) is 0 Å². The zero-order valence-electron chi connectivity index (χ0n) is 24.6. The summed E-state index contributed by atoms with van der Waals surface area (Å²) in [4.78, 5) is 4.60. The summed E-state index contributed by atoms with van der Waals surface area (Å²) in [6, 6.07) is 59.0. The van der Waals surface area contributed by atoms with E-state index in [2.05, 4.69) is 161 Å². The van der Waals surface area contributed by atoms with Crippen LogP contribution in [-0.4, -0.2) is 9.55 Å². The van der Waals surface area contributed by atoms with E-state index in [0.29, 0.717) is 0 Å². The van der Waals surface area contributed by atoms with Crippen LogP contribution in [0.25, 0.3) is 82.5 Å². The van der Waals surface area contributed by atoms with Crippen molar-refractivity contribution in [2.75, 3.05) is 0 Å². The number of pyridine rings is 1. The van der Waals surface area contributed by atoms with Gasteiger partial charge in [0.25, 0.3) is 0 Å². The molecule has 0 spiro atoms. The molecule has 0 aliphatic carbocycles. The maximum Gasteiger partial charge on any atom is 0.0702 e. The molecule has 0 amide bonds. The Hall–Kier alpha value is -5.99. The van der Waals surface area contributed by atoms with Crippen LogP contribution in [0.15, 0.2) is 170 Å². The van der Waals surface area contributed by atoms with Crippen molar-refractivity contribution in [1.82, 2.24) is 9.55 Å². The van der Waals surface area contributed by atoms with Crippen molar-refractivity contribution < 1.29 is 0 Å². The Balaban J connectivity index is 1.31. The maximum absolute atomic E-state index is 4.60. The van der Waals surface area contributed by atoms with Crippen LogP contribution in [0.4, 0.5) is 0 Å². The van der Waals surface area contributed by atoms with Crippen LogP contribution in [0.5, 0.6) is 0 Å². The summed E-state index contributed by atoms with van der Waals surface area (Å²) in [6.45, 7) is 0. The van der Waals surface area contributed by atoms with E-state index in [9.17, 15) is 0 Å². The van der Waals surface area contributed by atoms with Crippen LogP contribution < -0.4 is 0 Å². The Labute approximate surface area is 261 Å². The van der Waals surface area contributed by atoms with Gasteiger partial charge in [-0.15, -0.1) is 0 Å². The van der Waals surface area contributed by atoms with Crippen LogP contribution in [0.2, 0.25) is 0 Å². The van der Waals surface area contributed by atoms with Crippen LogP contribution in [0.1, 0.15) is 0 Å². The van der Waals surface area contributed by atoms with Crippen molar-refractivity contribution in [3.05, 3.63) is 170 Å². The highest BCUT2D eigenvalue weighted by molar-refractivity contribution is 6.19. The molecule has 7 aromatic carbocycles. The van der Waals surface area contributed by atoms with Gasteiger partial charge in [-0.05, 0) is 74.8 Å². The minimum absolute atomic E-state index is 0.984. The van der Waals surface area contributed by atoms with E-state index in [1.807, 2.05) is 18.3 Å². The predicted molar refractivity (Wildman–Crippen MR) is 190 cm³/mol. The van der Waals surface area contributed by atoms with E-state index in [4.69, 9.17) is 0 Å². The molecule has 210 valence electrons. The predicted octanol–water partition coefficient (Wildman–Crippen LogP) is 11.5. The minimum atomic E-state index is 0.984. The normalized spacial score (nSPS) is 11.6. The number of rotatable bonds is 4. The topological polar surface area (TPSA) is 17.8 Å². The molecular formula is C43H28N2. The summed E-state index contributed by atoms with van der Waals surface area (Å²) in [7, 11) is 0. The van der Waals surface area contributed by atoms with E-state index in [-0.39, 0.29) is 0 Å². The first kappa shape index (κ1) is 25.5. The van der Waals surface area contributed by atoms with Gasteiger partial charge in [-0.2, -0.15) is 0 Å². The second kappa shape index (κ2) is 10.3. The highest BCUT2D eigenvalue weighted by atomic mass is 15.0. The lowest BCUT2D eigenvalue weighted by Crippen LogP contribution is -1.94. The van der Waals surface area contributed by atoms with Gasteiger partial charge >= 0.3 is 0 Å². The first-order chi connectivity index (χ1) is 22.3. The third kappa shape index (κ3) is 4.15. The smallest absolute Gasteiger partial charge is 0.0702 e. The largest absolute Gasteiger partial charge is 0.309 e. The molecular weight excluding hydrogens is 544 g/mol. The van der Waals surface area contributed by atoms with Gasteiger partial charge in [0.15, 0.2) is 0 Å². The van der Waals surface area contributed by atoms with Gasteiger partial charge in [-0.3, -0.25) is 4.98 Å². The van der Waals surface area contributed by atoms with E-state index >= 15 is 0 Å². The summed E-state index contributed by atoms with van der Waals surface area (Å²) in [5.74, 6) is 0. The molecule has 2 aromatic heterocycles. The van der Waals surface area contributed by atoms with E-state index in [0.717, 1.165) is 16.9 Å². The molecule has 0 aliphatic rings. The minimum Gasteiger partial charge on any atom is -0.309 e.